The SMILES string of the molecule is CCN(CCC(F)(F)F)C(=O)NC(C)c1cc(F)c(Cl)cc1Cl. The maximum absolute atomic E-state index is 13.5. The van der Waals surface area contributed by atoms with E-state index in [0.29, 0.717) is 0 Å². The molecule has 1 unspecified atom stereocenters. The van der Waals surface area contributed by atoms with Gasteiger partial charge in [-0.1, -0.05) is 23.2 Å². The maximum Gasteiger partial charge on any atom is 0.390 e. The molecule has 1 N–H and O–H groups in total. The smallest absolute Gasteiger partial charge is 0.331 e. The van der Waals surface area contributed by atoms with E-state index in [1.807, 2.05) is 0 Å². The first-order chi connectivity index (χ1) is 10.5. The normalized spacial score (nSPS) is 12.9. The number of rotatable bonds is 5. The summed E-state index contributed by atoms with van der Waals surface area (Å²) in [6, 6.07) is 0.914. The van der Waals surface area contributed by atoms with Gasteiger partial charge in [0.25, 0.3) is 0 Å². The zero-order valence-corrected chi connectivity index (χ0v) is 14.0. The highest BCUT2D eigenvalue weighted by molar-refractivity contribution is 6.35. The Labute approximate surface area is 141 Å². The molecule has 0 heterocycles. The summed E-state index contributed by atoms with van der Waals surface area (Å²) in [6.07, 6.45) is -5.44. The number of urea groups is 1. The van der Waals surface area contributed by atoms with E-state index < -0.39 is 37.0 Å². The lowest BCUT2D eigenvalue weighted by Crippen LogP contribution is -2.42. The summed E-state index contributed by atoms with van der Waals surface area (Å²) in [5, 5.41) is 2.50. The minimum Gasteiger partial charge on any atom is -0.331 e. The van der Waals surface area contributed by atoms with Gasteiger partial charge in [0.05, 0.1) is 17.5 Å². The minimum absolute atomic E-state index is 0.108. The first-order valence-electron chi connectivity index (χ1n) is 6.81. The van der Waals surface area contributed by atoms with Gasteiger partial charge in [0, 0.05) is 18.1 Å². The Bertz CT molecular complexity index is 566. The van der Waals surface area contributed by atoms with Crippen LogP contribution in [0, 0.1) is 5.82 Å². The van der Waals surface area contributed by atoms with Crippen molar-refractivity contribution < 1.29 is 22.4 Å². The molecule has 1 aromatic rings. The first-order valence-corrected chi connectivity index (χ1v) is 7.57. The maximum atomic E-state index is 13.5. The van der Waals surface area contributed by atoms with Gasteiger partial charge in [-0.2, -0.15) is 13.2 Å². The Kier molecular flexibility index (Phi) is 6.95. The number of carbonyl (C=O) groups is 1. The van der Waals surface area contributed by atoms with Crippen molar-refractivity contribution in [2.75, 3.05) is 13.1 Å². The zero-order valence-electron chi connectivity index (χ0n) is 12.5. The molecule has 130 valence electrons. The number of benzene rings is 1. The van der Waals surface area contributed by atoms with Crippen LogP contribution in [0.5, 0.6) is 0 Å². The van der Waals surface area contributed by atoms with Crippen molar-refractivity contribution >= 4 is 29.2 Å². The van der Waals surface area contributed by atoms with Gasteiger partial charge in [-0.15, -0.1) is 0 Å². The minimum atomic E-state index is -4.35. The largest absolute Gasteiger partial charge is 0.390 e. The molecular weight excluding hydrogens is 359 g/mol. The Morgan fingerprint density at radius 2 is 1.91 bits per heavy atom. The fourth-order valence-electron chi connectivity index (χ4n) is 1.89. The highest BCUT2D eigenvalue weighted by atomic mass is 35.5. The lowest BCUT2D eigenvalue weighted by Gasteiger charge is -2.25. The summed E-state index contributed by atoms with van der Waals surface area (Å²) >= 11 is 11.5. The predicted octanol–water partition coefficient (Wildman–Crippen LogP) is 5.18. The van der Waals surface area contributed by atoms with Gasteiger partial charge in [0.2, 0.25) is 0 Å². The number of hydrogen-bond acceptors (Lipinski definition) is 1. The standard InChI is InChI=1S/C14H16Cl2F4N2O/c1-3-22(5-4-14(18,19)20)13(23)21-8(2)9-6-12(17)11(16)7-10(9)15/h6-8H,3-5H2,1-2H3,(H,21,23). The molecule has 9 heteroatoms. The van der Waals surface area contributed by atoms with Gasteiger partial charge in [0.15, 0.2) is 0 Å². The van der Waals surface area contributed by atoms with E-state index >= 15 is 0 Å². The molecule has 0 radical (unpaired) electrons. The molecule has 1 rings (SSSR count). The van der Waals surface area contributed by atoms with Crippen molar-refractivity contribution in [3.8, 4) is 0 Å². The highest BCUT2D eigenvalue weighted by Gasteiger charge is 2.29. The number of alkyl halides is 3. The summed E-state index contributed by atoms with van der Waals surface area (Å²) in [6.45, 7) is 2.76. The van der Waals surface area contributed by atoms with Crippen molar-refractivity contribution in [1.82, 2.24) is 10.2 Å². The van der Waals surface area contributed by atoms with Gasteiger partial charge < -0.3 is 10.2 Å². The van der Waals surface area contributed by atoms with E-state index in [-0.39, 0.29) is 22.2 Å². The summed E-state index contributed by atoms with van der Waals surface area (Å²) in [5.74, 6) is -0.698. The fraction of sp³-hybridized carbons (Fsp3) is 0.500. The van der Waals surface area contributed by atoms with Crippen LogP contribution in [-0.2, 0) is 0 Å². The summed E-state index contributed by atoms with van der Waals surface area (Å²) in [4.78, 5) is 13.0. The van der Waals surface area contributed by atoms with E-state index in [9.17, 15) is 22.4 Å². The molecule has 23 heavy (non-hydrogen) atoms. The number of nitrogens with zero attached hydrogens (tertiary/aromatic N) is 1. The second-order valence-corrected chi connectivity index (χ2v) is 5.72. The third kappa shape index (κ3) is 6.06. The molecule has 0 bridgehead atoms. The molecule has 0 aliphatic carbocycles. The van der Waals surface area contributed by atoms with Gasteiger partial charge in [-0.05, 0) is 31.5 Å². The average molecular weight is 375 g/mol. The molecule has 2 amide bonds. The van der Waals surface area contributed by atoms with Gasteiger partial charge in [-0.3, -0.25) is 0 Å². The summed E-state index contributed by atoms with van der Waals surface area (Å²) < 4.78 is 50.2. The Hall–Kier alpha value is -1.21. The van der Waals surface area contributed by atoms with Crippen LogP contribution in [-0.4, -0.2) is 30.2 Å². The molecule has 0 saturated heterocycles. The lowest BCUT2D eigenvalue weighted by molar-refractivity contribution is -0.136. The molecule has 0 saturated carbocycles. The van der Waals surface area contributed by atoms with Crippen LogP contribution in [0.25, 0.3) is 0 Å². The van der Waals surface area contributed by atoms with Crippen molar-refractivity contribution in [2.24, 2.45) is 0 Å². The number of halogens is 6. The molecule has 0 spiro atoms. The van der Waals surface area contributed by atoms with Crippen molar-refractivity contribution in [1.29, 1.82) is 0 Å². The van der Waals surface area contributed by atoms with Crippen molar-refractivity contribution in [3.63, 3.8) is 0 Å². The molecular formula is C14H16Cl2F4N2O. The van der Waals surface area contributed by atoms with Crippen molar-refractivity contribution in [3.05, 3.63) is 33.6 Å². The number of carbonyl (C=O) groups excluding carboxylic acids is 1. The van der Waals surface area contributed by atoms with Crippen LogP contribution in [0.3, 0.4) is 0 Å². The quantitative estimate of drug-likeness (QED) is 0.559. The third-order valence-electron chi connectivity index (χ3n) is 3.18. The molecule has 1 aromatic carbocycles. The lowest BCUT2D eigenvalue weighted by atomic mass is 10.1. The molecule has 1 atom stereocenters. The monoisotopic (exact) mass is 374 g/mol. The first kappa shape index (κ1) is 19.8. The molecule has 0 aromatic heterocycles. The van der Waals surface area contributed by atoms with Crippen molar-refractivity contribution in [2.45, 2.75) is 32.5 Å². The van der Waals surface area contributed by atoms with Crippen LogP contribution < -0.4 is 5.32 Å². The van der Waals surface area contributed by atoms with E-state index in [0.717, 1.165) is 11.0 Å². The molecule has 0 fully saturated rings. The average Bonchev–Trinajstić information content (AvgIpc) is 2.42. The van der Waals surface area contributed by atoms with E-state index in [1.165, 1.54) is 6.07 Å². The zero-order chi connectivity index (χ0) is 17.8. The van der Waals surface area contributed by atoms with Crippen LogP contribution in [0.15, 0.2) is 12.1 Å². The topological polar surface area (TPSA) is 32.3 Å². The Morgan fingerprint density at radius 3 is 2.43 bits per heavy atom. The van der Waals surface area contributed by atoms with E-state index in [4.69, 9.17) is 23.2 Å². The Morgan fingerprint density at radius 1 is 1.30 bits per heavy atom. The second kappa shape index (κ2) is 8.06. The van der Waals surface area contributed by atoms with Gasteiger partial charge in [-0.25, -0.2) is 9.18 Å². The third-order valence-corrected chi connectivity index (χ3v) is 3.80. The van der Waals surface area contributed by atoms with Crippen LogP contribution >= 0.6 is 23.2 Å². The molecule has 0 aliphatic rings. The summed E-state index contributed by atoms with van der Waals surface area (Å²) in [7, 11) is 0. The number of hydrogen-bond donors (Lipinski definition) is 1. The molecule has 0 aliphatic heterocycles. The number of nitrogens with one attached hydrogen (secondary N) is 1. The van der Waals surface area contributed by atoms with Gasteiger partial charge in [0.1, 0.15) is 5.82 Å². The summed E-state index contributed by atoms with van der Waals surface area (Å²) in [5.41, 5.74) is 0.286. The van der Waals surface area contributed by atoms with E-state index in [2.05, 4.69) is 5.32 Å². The van der Waals surface area contributed by atoms with Crippen LogP contribution in [0.4, 0.5) is 22.4 Å². The number of amides is 2. The van der Waals surface area contributed by atoms with Crippen LogP contribution in [0.1, 0.15) is 31.9 Å². The predicted molar refractivity (Wildman–Crippen MR) is 81.3 cm³/mol. The fourth-order valence-corrected chi connectivity index (χ4v) is 2.44. The second-order valence-electron chi connectivity index (χ2n) is 4.90. The van der Waals surface area contributed by atoms with Crippen LogP contribution in [0.2, 0.25) is 10.0 Å². The molecule has 3 nitrogen and oxygen atoms in total. The van der Waals surface area contributed by atoms with E-state index in [1.54, 1.807) is 13.8 Å². The van der Waals surface area contributed by atoms with Gasteiger partial charge >= 0.3 is 12.2 Å². The Balaban J connectivity index is 2.77. The highest BCUT2D eigenvalue weighted by Crippen LogP contribution is 2.28.